The standard InChI is InChI=1S/C23H23N5O3/c1-15(29)27-11-8-16(9-12-27)18-5-4-10-24-22(18)31-17-13-28(14-17)23(30)21-25-19-6-2-3-7-20(19)26-21/h2-8,10,17H,9,11-14H2,1H3,(H,25,26). The summed E-state index contributed by atoms with van der Waals surface area (Å²) in [6.45, 7) is 3.86. The Morgan fingerprint density at radius 2 is 1.97 bits per heavy atom. The molecule has 1 N–H and O–H groups in total. The van der Waals surface area contributed by atoms with Crippen LogP contribution in [0.25, 0.3) is 16.6 Å². The monoisotopic (exact) mass is 417 g/mol. The lowest BCUT2D eigenvalue weighted by Crippen LogP contribution is -2.56. The quantitative estimate of drug-likeness (QED) is 0.704. The largest absolute Gasteiger partial charge is 0.470 e. The molecule has 0 spiro atoms. The smallest absolute Gasteiger partial charge is 0.289 e. The minimum absolute atomic E-state index is 0.0849. The predicted octanol–water partition coefficient (Wildman–Crippen LogP) is 2.50. The molecule has 0 atom stereocenters. The van der Waals surface area contributed by atoms with E-state index >= 15 is 0 Å². The number of carbonyl (C=O) groups excluding carboxylic acids is 2. The van der Waals surface area contributed by atoms with Crippen molar-refractivity contribution >= 4 is 28.4 Å². The SMILES string of the molecule is CC(=O)N1CC=C(c2cccnc2OC2CN(C(=O)c3nc4ccccc4[nH]3)C2)CC1. The number of H-pyrrole nitrogens is 1. The summed E-state index contributed by atoms with van der Waals surface area (Å²) in [5, 5.41) is 0. The topological polar surface area (TPSA) is 91.4 Å². The van der Waals surface area contributed by atoms with E-state index in [1.54, 1.807) is 18.0 Å². The summed E-state index contributed by atoms with van der Waals surface area (Å²) >= 11 is 0. The summed E-state index contributed by atoms with van der Waals surface area (Å²) in [4.78, 5) is 39.7. The number of hydrogen-bond acceptors (Lipinski definition) is 5. The minimum atomic E-state index is -0.128. The normalized spacial score (nSPS) is 16.7. The van der Waals surface area contributed by atoms with E-state index in [1.165, 1.54) is 0 Å². The van der Waals surface area contributed by atoms with Gasteiger partial charge in [-0.25, -0.2) is 9.97 Å². The highest BCUT2D eigenvalue weighted by Crippen LogP contribution is 2.30. The molecule has 0 bridgehead atoms. The number of fused-ring (bicyclic) bond motifs is 1. The number of pyridine rings is 1. The number of benzene rings is 1. The fraction of sp³-hybridized carbons (Fsp3) is 0.304. The van der Waals surface area contributed by atoms with Gasteiger partial charge >= 0.3 is 0 Å². The van der Waals surface area contributed by atoms with Crippen LogP contribution in [0.2, 0.25) is 0 Å². The molecule has 0 saturated carbocycles. The second-order valence-electron chi connectivity index (χ2n) is 7.85. The molecule has 1 aromatic carbocycles. The maximum atomic E-state index is 12.7. The van der Waals surface area contributed by atoms with E-state index in [4.69, 9.17) is 4.74 Å². The molecule has 1 saturated heterocycles. The third-order valence-corrected chi connectivity index (χ3v) is 5.78. The van der Waals surface area contributed by atoms with Gasteiger partial charge in [-0.1, -0.05) is 18.2 Å². The number of ether oxygens (including phenoxy) is 1. The maximum absolute atomic E-state index is 12.7. The van der Waals surface area contributed by atoms with E-state index in [2.05, 4.69) is 21.0 Å². The molecule has 8 nitrogen and oxygen atoms in total. The molecule has 8 heteroatoms. The van der Waals surface area contributed by atoms with Crippen molar-refractivity contribution in [2.45, 2.75) is 19.4 Å². The first-order valence-electron chi connectivity index (χ1n) is 10.4. The number of para-hydroxylation sites is 2. The fourth-order valence-corrected chi connectivity index (χ4v) is 3.97. The van der Waals surface area contributed by atoms with Crippen molar-refractivity contribution in [3.63, 3.8) is 0 Å². The molecule has 0 unspecified atom stereocenters. The summed E-state index contributed by atoms with van der Waals surface area (Å²) < 4.78 is 6.13. The second kappa shape index (κ2) is 7.86. The number of aromatic amines is 1. The van der Waals surface area contributed by atoms with Crippen LogP contribution in [-0.4, -0.2) is 68.8 Å². The molecule has 31 heavy (non-hydrogen) atoms. The zero-order valence-electron chi connectivity index (χ0n) is 17.2. The highest BCUT2D eigenvalue weighted by atomic mass is 16.5. The van der Waals surface area contributed by atoms with Crippen molar-refractivity contribution in [3.05, 3.63) is 60.1 Å². The molecule has 5 rings (SSSR count). The van der Waals surface area contributed by atoms with Gasteiger partial charge in [-0.2, -0.15) is 0 Å². The Morgan fingerprint density at radius 1 is 1.13 bits per heavy atom. The van der Waals surface area contributed by atoms with Gasteiger partial charge in [0.25, 0.3) is 5.91 Å². The van der Waals surface area contributed by atoms with Crippen LogP contribution < -0.4 is 4.74 Å². The third kappa shape index (κ3) is 3.76. The average Bonchev–Trinajstić information content (AvgIpc) is 3.20. The summed E-state index contributed by atoms with van der Waals surface area (Å²) in [7, 11) is 0. The number of imidazole rings is 1. The van der Waals surface area contributed by atoms with E-state index in [0.717, 1.165) is 28.6 Å². The van der Waals surface area contributed by atoms with E-state index in [-0.39, 0.29) is 17.9 Å². The Bertz CT molecular complexity index is 1150. The molecular formula is C23H23N5O3. The number of nitrogens with one attached hydrogen (secondary N) is 1. The van der Waals surface area contributed by atoms with Crippen LogP contribution in [0.1, 0.15) is 29.5 Å². The van der Waals surface area contributed by atoms with Crippen molar-refractivity contribution in [2.75, 3.05) is 26.2 Å². The van der Waals surface area contributed by atoms with E-state index in [1.807, 2.05) is 41.3 Å². The summed E-state index contributed by atoms with van der Waals surface area (Å²) in [6.07, 6.45) is 4.43. The van der Waals surface area contributed by atoms with Crippen LogP contribution in [0.15, 0.2) is 48.7 Å². The lowest BCUT2D eigenvalue weighted by molar-refractivity contribution is -0.128. The number of amides is 2. The van der Waals surface area contributed by atoms with E-state index in [9.17, 15) is 9.59 Å². The molecule has 158 valence electrons. The Hall–Kier alpha value is -3.68. The average molecular weight is 417 g/mol. The van der Waals surface area contributed by atoms with Gasteiger partial charge in [-0.3, -0.25) is 9.59 Å². The summed E-state index contributed by atoms with van der Waals surface area (Å²) in [5.41, 5.74) is 3.71. The molecule has 1 fully saturated rings. The summed E-state index contributed by atoms with van der Waals surface area (Å²) in [5.74, 6) is 0.879. The first-order chi connectivity index (χ1) is 15.1. The molecule has 2 aromatic heterocycles. The van der Waals surface area contributed by atoms with Gasteiger partial charge in [0.1, 0.15) is 6.10 Å². The molecule has 2 amide bonds. The van der Waals surface area contributed by atoms with Crippen LogP contribution in [-0.2, 0) is 4.79 Å². The van der Waals surface area contributed by atoms with Crippen molar-refractivity contribution in [2.24, 2.45) is 0 Å². The third-order valence-electron chi connectivity index (χ3n) is 5.78. The first-order valence-corrected chi connectivity index (χ1v) is 10.4. The fourth-order valence-electron chi connectivity index (χ4n) is 3.97. The van der Waals surface area contributed by atoms with Gasteiger partial charge < -0.3 is 19.5 Å². The zero-order valence-corrected chi connectivity index (χ0v) is 17.2. The lowest BCUT2D eigenvalue weighted by Gasteiger charge is -2.38. The van der Waals surface area contributed by atoms with Crippen molar-refractivity contribution < 1.29 is 14.3 Å². The number of likely N-dealkylation sites (tertiary alicyclic amines) is 1. The number of nitrogens with zero attached hydrogens (tertiary/aromatic N) is 4. The molecule has 0 aliphatic carbocycles. The van der Waals surface area contributed by atoms with Crippen molar-refractivity contribution in [1.29, 1.82) is 0 Å². The number of hydrogen-bond donors (Lipinski definition) is 1. The second-order valence-corrected chi connectivity index (χ2v) is 7.85. The highest BCUT2D eigenvalue weighted by Gasteiger charge is 2.35. The number of aromatic nitrogens is 3. The molecule has 4 heterocycles. The Balaban J connectivity index is 1.23. The van der Waals surface area contributed by atoms with Crippen LogP contribution in [0.5, 0.6) is 5.88 Å². The van der Waals surface area contributed by atoms with Crippen LogP contribution >= 0.6 is 0 Å². The Kier molecular flexibility index (Phi) is 4.89. The molecule has 0 radical (unpaired) electrons. The van der Waals surface area contributed by atoms with Gasteiger partial charge in [-0.05, 0) is 36.3 Å². The molecule has 3 aromatic rings. The lowest BCUT2D eigenvalue weighted by atomic mass is 10.0. The van der Waals surface area contributed by atoms with Crippen molar-refractivity contribution in [3.8, 4) is 5.88 Å². The number of carbonyl (C=O) groups is 2. The Labute approximate surface area is 179 Å². The summed E-state index contributed by atoms with van der Waals surface area (Å²) in [6, 6.07) is 11.5. The Morgan fingerprint density at radius 3 is 2.71 bits per heavy atom. The van der Waals surface area contributed by atoms with E-state index in [0.29, 0.717) is 37.9 Å². The molecule has 2 aliphatic heterocycles. The van der Waals surface area contributed by atoms with Crippen LogP contribution in [0.3, 0.4) is 0 Å². The zero-order chi connectivity index (χ0) is 21.4. The van der Waals surface area contributed by atoms with Gasteiger partial charge in [0.05, 0.1) is 24.1 Å². The van der Waals surface area contributed by atoms with Crippen LogP contribution in [0.4, 0.5) is 0 Å². The number of rotatable bonds is 4. The van der Waals surface area contributed by atoms with Gasteiger partial charge in [0, 0.05) is 31.8 Å². The van der Waals surface area contributed by atoms with E-state index < -0.39 is 0 Å². The molecular weight excluding hydrogens is 394 g/mol. The van der Waals surface area contributed by atoms with Gasteiger partial charge in [0.15, 0.2) is 5.82 Å². The minimum Gasteiger partial charge on any atom is -0.470 e. The van der Waals surface area contributed by atoms with Gasteiger partial charge in [-0.15, -0.1) is 0 Å². The van der Waals surface area contributed by atoms with Crippen molar-refractivity contribution in [1.82, 2.24) is 24.8 Å². The van der Waals surface area contributed by atoms with Crippen LogP contribution in [0, 0.1) is 0 Å². The predicted molar refractivity (Wildman–Crippen MR) is 115 cm³/mol. The highest BCUT2D eigenvalue weighted by molar-refractivity contribution is 5.94. The van der Waals surface area contributed by atoms with Gasteiger partial charge in [0.2, 0.25) is 11.8 Å². The molecule has 2 aliphatic rings. The maximum Gasteiger partial charge on any atom is 0.289 e. The first kappa shape index (κ1) is 19.3.